The van der Waals surface area contributed by atoms with E-state index in [0.717, 1.165) is 6.08 Å². The molecule has 0 aromatic carbocycles. The number of aliphatic hydroxyl groups is 3. The average molecular weight is 445 g/mol. The molecule has 0 saturated heterocycles. The van der Waals surface area contributed by atoms with Crippen LogP contribution in [0.3, 0.4) is 0 Å². The summed E-state index contributed by atoms with van der Waals surface area (Å²) in [6.07, 6.45) is -0.0351. The third-order valence-electron chi connectivity index (χ3n) is 8.79. The maximum atomic E-state index is 17.0. The molecular weight excluding hydrogens is 418 g/mol. The molecule has 0 bridgehead atoms. The Hall–Kier alpha value is -1.15. The fourth-order valence-electron chi connectivity index (χ4n) is 7.20. The molecule has 3 saturated carbocycles. The van der Waals surface area contributed by atoms with E-state index in [2.05, 4.69) is 0 Å². The first-order valence-corrected chi connectivity index (χ1v) is 10.7. The zero-order chi connectivity index (χ0) is 22.4. The van der Waals surface area contributed by atoms with E-state index in [0.29, 0.717) is 0 Å². The van der Waals surface area contributed by atoms with Gasteiger partial charge in [-0.15, -0.1) is 11.6 Å². The van der Waals surface area contributed by atoms with Crippen LogP contribution < -0.4 is 0 Å². The first-order chi connectivity index (χ1) is 13.8. The van der Waals surface area contributed by atoms with E-state index in [1.165, 1.54) is 19.1 Å². The van der Waals surface area contributed by atoms with Crippen molar-refractivity contribution >= 4 is 23.2 Å². The summed E-state index contributed by atoms with van der Waals surface area (Å²) in [4.78, 5) is 24.5. The molecule has 3 N–H and O–H groups in total. The summed E-state index contributed by atoms with van der Waals surface area (Å²) in [6.45, 7) is 3.78. The molecule has 0 heterocycles. The molecular formula is C22H27ClF2O5. The average Bonchev–Trinajstić information content (AvgIpc) is 2.89. The Morgan fingerprint density at radius 1 is 1.37 bits per heavy atom. The second kappa shape index (κ2) is 6.44. The highest BCUT2D eigenvalue weighted by molar-refractivity contribution is 6.22. The molecule has 10 atom stereocenters. The normalized spacial score (nSPS) is 54.8. The lowest BCUT2D eigenvalue weighted by atomic mass is 9.44. The van der Waals surface area contributed by atoms with Gasteiger partial charge in [0.1, 0.15) is 18.4 Å². The molecule has 4 aliphatic carbocycles. The molecule has 5 nitrogen and oxygen atoms in total. The highest BCUT2D eigenvalue weighted by Gasteiger charge is 2.78. The summed E-state index contributed by atoms with van der Waals surface area (Å²) in [6, 6.07) is 0. The molecule has 0 aliphatic heterocycles. The summed E-state index contributed by atoms with van der Waals surface area (Å²) in [5.41, 5.74) is -7.38. The number of hydrogen-bond donors (Lipinski definition) is 3. The number of allylic oxidation sites excluding steroid dienone is 4. The number of carbonyl (C=O) groups excluding carboxylic acids is 2. The summed E-state index contributed by atoms with van der Waals surface area (Å²) in [5.74, 6) is -3.84. The molecule has 0 amide bonds. The molecule has 166 valence electrons. The third kappa shape index (κ3) is 2.22. The van der Waals surface area contributed by atoms with E-state index < -0.39 is 75.7 Å². The largest absolute Gasteiger partial charge is 0.390 e. The van der Waals surface area contributed by atoms with Gasteiger partial charge in [0.2, 0.25) is 0 Å². The van der Waals surface area contributed by atoms with Crippen LogP contribution in [-0.2, 0) is 9.59 Å². The molecule has 0 spiro atoms. The fraction of sp³-hybridized carbons (Fsp3) is 0.727. The number of hydrogen-bond acceptors (Lipinski definition) is 5. The van der Waals surface area contributed by atoms with E-state index in [4.69, 9.17) is 11.6 Å². The van der Waals surface area contributed by atoms with Gasteiger partial charge in [-0.2, -0.15) is 0 Å². The van der Waals surface area contributed by atoms with Crippen LogP contribution in [0.25, 0.3) is 0 Å². The van der Waals surface area contributed by atoms with Gasteiger partial charge in [-0.1, -0.05) is 19.9 Å². The number of ketones is 2. The van der Waals surface area contributed by atoms with Crippen LogP contribution in [0.2, 0.25) is 0 Å². The number of aliphatic hydroxyl groups excluding tert-OH is 2. The molecule has 4 unspecified atom stereocenters. The predicted octanol–water partition coefficient (Wildman–Crippen LogP) is 2.06. The summed E-state index contributed by atoms with van der Waals surface area (Å²) >= 11 is 6.49. The molecule has 30 heavy (non-hydrogen) atoms. The van der Waals surface area contributed by atoms with E-state index in [-0.39, 0.29) is 18.4 Å². The number of halogens is 3. The molecule has 3 fully saturated rings. The van der Waals surface area contributed by atoms with Crippen molar-refractivity contribution in [3.05, 3.63) is 23.8 Å². The van der Waals surface area contributed by atoms with Crippen LogP contribution in [-0.4, -0.2) is 62.4 Å². The maximum absolute atomic E-state index is 17.0. The Morgan fingerprint density at radius 2 is 2.00 bits per heavy atom. The number of carbonyl (C=O) groups is 2. The minimum Gasteiger partial charge on any atom is -0.390 e. The zero-order valence-corrected chi connectivity index (χ0v) is 17.9. The van der Waals surface area contributed by atoms with Gasteiger partial charge in [0.25, 0.3) is 0 Å². The van der Waals surface area contributed by atoms with E-state index >= 15 is 8.78 Å². The predicted molar refractivity (Wildman–Crippen MR) is 105 cm³/mol. The van der Waals surface area contributed by atoms with Crippen LogP contribution in [0.4, 0.5) is 8.78 Å². The lowest BCUT2D eigenvalue weighted by Gasteiger charge is -2.64. The molecule has 0 aromatic rings. The molecule has 8 heteroatoms. The van der Waals surface area contributed by atoms with Gasteiger partial charge < -0.3 is 15.3 Å². The molecule has 4 rings (SSSR count). The number of alkyl halides is 3. The van der Waals surface area contributed by atoms with Crippen molar-refractivity contribution in [2.45, 2.75) is 62.5 Å². The Bertz CT molecular complexity index is 876. The first-order valence-electron chi connectivity index (χ1n) is 10.3. The van der Waals surface area contributed by atoms with Gasteiger partial charge in [0.15, 0.2) is 17.2 Å². The van der Waals surface area contributed by atoms with Gasteiger partial charge in [-0.25, -0.2) is 8.78 Å². The quantitative estimate of drug-likeness (QED) is 0.567. The standard InChI is InChI=1S/C22H27ClF2O5/c1-10-6-12-16-17(23)18(24)13-7-11(27)4-5-19(13,2)21(16,25)14(28)8-20(12,3)22(10,30)15(29)9-26/h4-5,7,10,12,14,16-18,26,28,30H,6,8-9H2,1-3H3/t10?,12-,14?,16+,17?,18?,19-,20-,21+,22-/m0/s1. The van der Waals surface area contributed by atoms with Crippen molar-refractivity contribution in [2.75, 3.05) is 6.61 Å². The van der Waals surface area contributed by atoms with Crippen LogP contribution in [0.5, 0.6) is 0 Å². The van der Waals surface area contributed by atoms with Crippen LogP contribution in [0, 0.1) is 28.6 Å². The zero-order valence-electron chi connectivity index (χ0n) is 17.1. The summed E-state index contributed by atoms with van der Waals surface area (Å²) in [7, 11) is 0. The SMILES string of the molecule is CC1C[C@H]2[C@@H]3C(Cl)C(F)C4=CC(=O)C=C[C@]4(C)[C@@]3(F)C(O)C[C@]2(C)[C@@]1(O)C(=O)CO. The topological polar surface area (TPSA) is 94.8 Å². The Labute approximate surface area is 178 Å². The monoisotopic (exact) mass is 444 g/mol. The molecule has 4 aliphatic rings. The van der Waals surface area contributed by atoms with E-state index in [1.807, 2.05) is 0 Å². The highest BCUT2D eigenvalue weighted by atomic mass is 35.5. The number of fused-ring (bicyclic) bond motifs is 5. The lowest BCUT2D eigenvalue weighted by molar-refractivity contribution is -0.222. The summed E-state index contributed by atoms with van der Waals surface area (Å²) in [5, 5.41) is 30.6. The number of Topliss-reactive ketones (excluding diaryl/α,β-unsaturated/α-hetero) is 1. The van der Waals surface area contributed by atoms with Gasteiger partial charge in [-0.05, 0) is 49.3 Å². The smallest absolute Gasteiger partial charge is 0.190 e. The van der Waals surface area contributed by atoms with Gasteiger partial charge in [0.05, 0.1) is 11.5 Å². The van der Waals surface area contributed by atoms with Crippen molar-refractivity contribution in [3.8, 4) is 0 Å². The van der Waals surface area contributed by atoms with Crippen molar-refractivity contribution in [2.24, 2.45) is 28.6 Å². The number of rotatable bonds is 2. The Balaban J connectivity index is 1.92. The van der Waals surface area contributed by atoms with Crippen molar-refractivity contribution < 1.29 is 33.7 Å². The first kappa shape index (κ1) is 22.1. The van der Waals surface area contributed by atoms with E-state index in [1.54, 1.807) is 13.8 Å². The Kier molecular flexibility index (Phi) is 4.73. The minimum absolute atomic E-state index is 0.0934. The summed E-state index contributed by atoms with van der Waals surface area (Å²) < 4.78 is 32.5. The maximum Gasteiger partial charge on any atom is 0.190 e. The second-order valence-corrected chi connectivity index (χ2v) is 10.4. The second-order valence-electron chi connectivity index (χ2n) is 9.91. The fourth-order valence-corrected chi connectivity index (χ4v) is 7.69. The molecule has 0 aromatic heterocycles. The minimum atomic E-state index is -2.40. The Morgan fingerprint density at radius 3 is 2.60 bits per heavy atom. The van der Waals surface area contributed by atoms with Crippen LogP contribution >= 0.6 is 11.6 Å². The van der Waals surface area contributed by atoms with Crippen LogP contribution in [0.1, 0.15) is 33.6 Å². The third-order valence-corrected chi connectivity index (χ3v) is 9.29. The van der Waals surface area contributed by atoms with Crippen LogP contribution in [0.15, 0.2) is 23.8 Å². The molecule has 0 radical (unpaired) electrons. The van der Waals surface area contributed by atoms with E-state index in [9.17, 15) is 24.9 Å². The van der Waals surface area contributed by atoms with Gasteiger partial charge in [-0.3, -0.25) is 9.59 Å². The van der Waals surface area contributed by atoms with Gasteiger partial charge in [0, 0.05) is 16.7 Å². The van der Waals surface area contributed by atoms with Crippen molar-refractivity contribution in [1.82, 2.24) is 0 Å². The highest BCUT2D eigenvalue weighted by Crippen LogP contribution is 2.71. The lowest BCUT2D eigenvalue weighted by Crippen LogP contribution is -2.73. The van der Waals surface area contributed by atoms with Crippen molar-refractivity contribution in [1.29, 1.82) is 0 Å². The van der Waals surface area contributed by atoms with Crippen molar-refractivity contribution in [3.63, 3.8) is 0 Å². The van der Waals surface area contributed by atoms with Gasteiger partial charge >= 0.3 is 0 Å².